The smallest absolute Gasteiger partial charge is 0.410 e. The molecule has 1 heterocycles. The predicted molar refractivity (Wildman–Crippen MR) is 60.2 cm³/mol. The van der Waals surface area contributed by atoms with Gasteiger partial charge in [0.15, 0.2) is 0 Å². The largest absolute Gasteiger partial charge is 0.445 e. The highest BCUT2D eigenvalue weighted by Crippen LogP contribution is 2.19. The molecular weight excluding hydrogens is 222 g/mol. The number of carbonyl (C=O) groups is 1. The average molecular weight is 237 g/mol. The van der Waals surface area contributed by atoms with Crippen molar-refractivity contribution >= 4 is 6.09 Å². The van der Waals surface area contributed by atoms with E-state index in [4.69, 9.17) is 9.84 Å². The van der Waals surface area contributed by atoms with Crippen LogP contribution in [0.15, 0.2) is 30.3 Å². The zero-order valence-electron chi connectivity index (χ0n) is 9.32. The van der Waals surface area contributed by atoms with Crippen LogP contribution in [0.2, 0.25) is 0 Å². The minimum Gasteiger partial charge on any atom is -0.445 e. The number of aliphatic hydroxyl groups excluding tert-OH is 2. The first-order valence-electron chi connectivity index (χ1n) is 5.48. The Morgan fingerprint density at radius 2 is 2.12 bits per heavy atom. The number of carbonyl (C=O) groups excluding carboxylic acids is 1. The summed E-state index contributed by atoms with van der Waals surface area (Å²) in [5.74, 6) is 0. The fourth-order valence-electron chi connectivity index (χ4n) is 1.76. The van der Waals surface area contributed by atoms with Gasteiger partial charge in [0.2, 0.25) is 0 Å². The Balaban J connectivity index is 1.82. The van der Waals surface area contributed by atoms with Gasteiger partial charge in [-0.3, -0.25) is 4.90 Å². The molecule has 0 spiro atoms. The van der Waals surface area contributed by atoms with Crippen LogP contribution in [0.3, 0.4) is 0 Å². The second-order valence-electron chi connectivity index (χ2n) is 4.01. The van der Waals surface area contributed by atoms with E-state index in [9.17, 15) is 9.90 Å². The minimum absolute atomic E-state index is 0.199. The maximum Gasteiger partial charge on any atom is 0.410 e. The normalized spacial score (nSPS) is 23.1. The highest BCUT2D eigenvalue weighted by atomic mass is 16.6. The summed E-state index contributed by atoms with van der Waals surface area (Å²) in [5.41, 5.74) is 0.905. The molecule has 2 rings (SSSR count). The van der Waals surface area contributed by atoms with Gasteiger partial charge >= 0.3 is 6.09 Å². The van der Waals surface area contributed by atoms with Crippen molar-refractivity contribution in [2.45, 2.75) is 18.8 Å². The molecule has 1 saturated heterocycles. The molecular formula is C12H15NO4. The fraction of sp³-hybridized carbons (Fsp3) is 0.417. The molecule has 1 amide bonds. The number of hydrogen-bond acceptors (Lipinski definition) is 4. The summed E-state index contributed by atoms with van der Waals surface area (Å²) in [6, 6.07) is 8.82. The quantitative estimate of drug-likeness (QED) is 0.796. The Labute approximate surface area is 99.2 Å². The molecule has 92 valence electrons. The number of rotatable bonds is 3. The van der Waals surface area contributed by atoms with Crippen molar-refractivity contribution in [3.63, 3.8) is 0 Å². The van der Waals surface area contributed by atoms with Gasteiger partial charge in [-0.05, 0) is 5.56 Å². The standard InChI is InChI=1S/C12H15NO4/c14-7-10-11(15)6-13(10)12(16)17-8-9-4-2-1-3-5-9/h1-5,10-11,14-15H,6-8H2/t10-,11-/m1/s1. The van der Waals surface area contributed by atoms with Gasteiger partial charge in [-0.15, -0.1) is 0 Å². The Morgan fingerprint density at radius 3 is 2.71 bits per heavy atom. The van der Waals surface area contributed by atoms with E-state index in [0.29, 0.717) is 0 Å². The molecule has 1 fully saturated rings. The summed E-state index contributed by atoms with van der Waals surface area (Å²) in [4.78, 5) is 12.9. The molecule has 5 heteroatoms. The number of nitrogens with zero attached hydrogens (tertiary/aromatic N) is 1. The molecule has 0 bridgehead atoms. The van der Waals surface area contributed by atoms with Gasteiger partial charge in [-0.25, -0.2) is 4.79 Å². The Bertz CT molecular complexity index is 381. The van der Waals surface area contributed by atoms with Crippen LogP contribution in [0.25, 0.3) is 0 Å². The molecule has 0 aromatic heterocycles. The van der Waals surface area contributed by atoms with E-state index in [0.717, 1.165) is 5.56 Å². The first-order valence-corrected chi connectivity index (χ1v) is 5.48. The van der Waals surface area contributed by atoms with Crippen molar-refractivity contribution < 1.29 is 19.7 Å². The Kier molecular flexibility index (Phi) is 3.61. The number of aliphatic hydroxyl groups is 2. The molecule has 2 atom stereocenters. The maximum absolute atomic E-state index is 11.6. The van der Waals surface area contributed by atoms with E-state index in [1.54, 1.807) is 0 Å². The molecule has 2 N–H and O–H groups in total. The van der Waals surface area contributed by atoms with Crippen LogP contribution in [-0.4, -0.2) is 46.5 Å². The SMILES string of the molecule is O=C(OCc1ccccc1)N1C[C@@H](O)[C@H]1CO. The van der Waals surface area contributed by atoms with E-state index < -0.39 is 18.2 Å². The minimum atomic E-state index is -0.649. The number of ether oxygens (including phenoxy) is 1. The van der Waals surface area contributed by atoms with Crippen molar-refractivity contribution in [1.82, 2.24) is 4.90 Å². The summed E-state index contributed by atoms with van der Waals surface area (Å²) in [6.45, 7) is 0.171. The number of benzene rings is 1. The zero-order valence-corrected chi connectivity index (χ0v) is 9.32. The molecule has 1 aromatic rings. The summed E-state index contributed by atoms with van der Waals surface area (Å²) in [6.07, 6.45) is -1.15. The third kappa shape index (κ3) is 2.57. The maximum atomic E-state index is 11.6. The summed E-state index contributed by atoms with van der Waals surface area (Å²) < 4.78 is 5.08. The van der Waals surface area contributed by atoms with Gasteiger partial charge in [0, 0.05) is 0 Å². The number of likely N-dealkylation sites (tertiary alicyclic amines) is 1. The van der Waals surface area contributed by atoms with Crippen molar-refractivity contribution in [3.05, 3.63) is 35.9 Å². The molecule has 0 saturated carbocycles. The van der Waals surface area contributed by atoms with Gasteiger partial charge in [-0.2, -0.15) is 0 Å². The van der Waals surface area contributed by atoms with Gasteiger partial charge in [-0.1, -0.05) is 30.3 Å². The van der Waals surface area contributed by atoms with Gasteiger partial charge in [0.25, 0.3) is 0 Å². The van der Waals surface area contributed by atoms with Crippen LogP contribution < -0.4 is 0 Å². The molecule has 0 radical (unpaired) electrons. The Hall–Kier alpha value is -1.59. The third-order valence-corrected chi connectivity index (χ3v) is 2.85. The Morgan fingerprint density at radius 1 is 1.41 bits per heavy atom. The van der Waals surface area contributed by atoms with Crippen molar-refractivity contribution in [1.29, 1.82) is 0 Å². The van der Waals surface area contributed by atoms with Gasteiger partial charge in [0.05, 0.1) is 25.3 Å². The lowest BCUT2D eigenvalue weighted by Crippen LogP contribution is -2.63. The zero-order chi connectivity index (χ0) is 12.3. The van der Waals surface area contributed by atoms with Crippen LogP contribution in [-0.2, 0) is 11.3 Å². The highest BCUT2D eigenvalue weighted by Gasteiger charge is 2.41. The first-order chi connectivity index (χ1) is 8.22. The van der Waals surface area contributed by atoms with E-state index in [2.05, 4.69) is 0 Å². The van der Waals surface area contributed by atoms with E-state index in [1.165, 1.54) is 4.90 Å². The van der Waals surface area contributed by atoms with Crippen LogP contribution >= 0.6 is 0 Å². The van der Waals surface area contributed by atoms with Crippen LogP contribution in [0, 0.1) is 0 Å². The lowest BCUT2D eigenvalue weighted by molar-refractivity contribution is -0.0737. The van der Waals surface area contributed by atoms with Crippen molar-refractivity contribution in [3.8, 4) is 0 Å². The monoisotopic (exact) mass is 237 g/mol. The molecule has 5 nitrogen and oxygen atoms in total. The lowest BCUT2D eigenvalue weighted by atomic mass is 10.0. The molecule has 1 aliphatic heterocycles. The average Bonchev–Trinajstić information content (AvgIpc) is 2.35. The van der Waals surface area contributed by atoms with Crippen molar-refractivity contribution in [2.75, 3.05) is 13.2 Å². The summed E-state index contributed by atoms with van der Waals surface area (Å²) in [5, 5.41) is 18.3. The fourth-order valence-corrected chi connectivity index (χ4v) is 1.76. The summed E-state index contributed by atoms with van der Waals surface area (Å²) >= 11 is 0. The van der Waals surface area contributed by atoms with E-state index in [1.807, 2.05) is 30.3 Å². The number of hydrogen-bond donors (Lipinski definition) is 2. The molecule has 17 heavy (non-hydrogen) atoms. The molecule has 0 unspecified atom stereocenters. The van der Waals surface area contributed by atoms with Crippen LogP contribution in [0.4, 0.5) is 4.79 Å². The topological polar surface area (TPSA) is 70.0 Å². The number of β-amino-alcohol motifs (C(OH)–C–C–N with tert-alkyl or cyclic N) is 1. The second kappa shape index (κ2) is 5.16. The van der Waals surface area contributed by atoms with E-state index in [-0.39, 0.29) is 19.8 Å². The van der Waals surface area contributed by atoms with Gasteiger partial charge < -0.3 is 14.9 Å². The molecule has 1 aromatic carbocycles. The first kappa shape index (κ1) is 11.9. The van der Waals surface area contributed by atoms with E-state index >= 15 is 0 Å². The van der Waals surface area contributed by atoms with Crippen LogP contribution in [0.5, 0.6) is 0 Å². The second-order valence-corrected chi connectivity index (χ2v) is 4.01. The molecule has 1 aliphatic rings. The highest BCUT2D eigenvalue weighted by molar-refractivity contribution is 5.69. The van der Waals surface area contributed by atoms with Crippen LogP contribution in [0.1, 0.15) is 5.56 Å². The summed E-state index contributed by atoms with van der Waals surface area (Å²) in [7, 11) is 0. The lowest BCUT2D eigenvalue weighted by Gasteiger charge is -2.43. The predicted octanol–water partition coefficient (Wildman–Crippen LogP) is 0.361. The molecule has 0 aliphatic carbocycles. The number of amides is 1. The van der Waals surface area contributed by atoms with Crippen molar-refractivity contribution in [2.24, 2.45) is 0 Å². The van der Waals surface area contributed by atoms with Gasteiger partial charge in [0.1, 0.15) is 6.61 Å². The third-order valence-electron chi connectivity index (χ3n) is 2.85.